The molecule has 2 nitrogen and oxygen atoms in total. The largest absolute Gasteiger partial charge is 0.389 e. The number of ether oxygens (including phenoxy) is 1. The molecule has 0 spiro atoms. The summed E-state index contributed by atoms with van der Waals surface area (Å²) in [5, 5.41) is 3.44. The second kappa shape index (κ2) is 7.93. The topological polar surface area (TPSA) is 21.3 Å². The van der Waals surface area contributed by atoms with Gasteiger partial charge in [0.2, 0.25) is 0 Å². The summed E-state index contributed by atoms with van der Waals surface area (Å²) >= 11 is 0. The molecule has 1 aliphatic carbocycles. The lowest BCUT2D eigenvalue weighted by molar-refractivity contribution is -0.137. The van der Waals surface area contributed by atoms with E-state index >= 15 is 0 Å². The van der Waals surface area contributed by atoms with Gasteiger partial charge in [0.15, 0.2) is 0 Å². The number of alkyl halides is 3. The highest BCUT2D eigenvalue weighted by Crippen LogP contribution is 2.21. The maximum atomic E-state index is 11.8. The normalized spacial score (nSPS) is 17.8. The molecule has 5 heteroatoms. The van der Waals surface area contributed by atoms with Crippen molar-refractivity contribution in [3.05, 3.63) is 0 Å². The summed E-state index contributed by atoms with van der Waals surface area (Å²) in [7, 11) is 0. The minimum atomic E-state index is -4.05. The van der Waals surface area contributed by atoms with Gasteiger partial charge in [0.05, 0.1) is 0 Å². The van der Waals surface area contributed by atoms with Crippen LogP contribution in [-0.4, -0.2) is 32.0 Å². The van der Waals surface area contributed by atoms with Gasteiger partial charge in [-0.25, -0.2) is 0 Å². The molecular weight excluding hydrogens is 231 g/mol. The zero-order valence-electron chi connectivity index (χ0n) is 10.2. The van der Waals surface area contributed by atoms with Crippen LogP contribution in [0.25, 0.3) is 0 Å². The Morgan fingerprint density at radius 3 is 2.35 bits per heavy atom. The third-order valence-corrected chi connectivity index (χ3v) is 3.00. The van der Waals surface area contributed by atoms with Gasteiger partial charge in [-0.05, 0) is 32.2 Å². The van der Waals surface area contributed by atoms with Gasteiger partial charge in [-0.1, -0.05) is 12.8 Å². The Morgan fingerprint density at radius 2 is 1.71 bits per heavy atom. The lowest BCUT2D eigenvalue weighted by Gasteiger charge is -2.11. The summed E-state index contributed by atoms with van der Waals surface area (Å²) in [5.41, 5.74) is 0. The van der Waals surface area contributed by atoms with Crippen molar-refractivity contribution in [3.63, 3.8) is 0 Å². The van der Waals surface area contributed by atoms with Crippen LogP contribution < -0.4 is 5.32 Å². The number of hydrogen-bond donors (Lipinski definition) is 1. The quantitative estimate of drug-likeness (QED) is 0.670. The van der Waals surface area contributed by atoms with Crippen molar-refractivity contribution in [1.82, 2.24) is 5.32 Å². The van der Waals surface area contributed by atoms with Gasteiger partial charge in [0.1, 0.15) is 0 Å². The first-order valence-corrected chi connectivity index (χ1v) is 6.46. The molecular formula is C12H22F3NO. The summed E-state index contributed by atoms with van der Waals surface area (Å²) in [6.45, 7) is 1.67. The Morgan fingerprint density at radius 1 is 1.06 bits per heavy atom. The summed E-state index contributed by atoms with van der Waals surface area (Å²) in [6, 6.07) is 0.653. The molecule has 0 atom stereocenters. The lowest BCUT2D eigenvalue weighted by Crippen LogP contribution is -2.27. The first kappa shape index (κ1) is 14.8. The number of hydrogen-bond acceptors (Lipinski definition) is 2. The van der Waals surface area contributed by atoms with E-state index in [-0.39, 0.29) is 13.0 Å². The van der Waals surface area contributed by atoms with Gasteiger partial charge in [0, 0.05) is 25.7 Å². The molecule has 0 amide bonds. The van der Waals surface area contributed by atoms with E-state index in [2.05, 4.69) is 5.32 Å². The van der Waals surface area contributed by atoms with Crippen LogP contribution in [0.2, 0.25) is 0 Å². The van der Waals surface area contributed by atoms with E-state index in [0.29, 0.717) is 12.6 Å². The maximum Gasteiger partial charge on any atom is 0.389 e. The fourth-order valence-electron chi connectivity index (χ4n) is 2.09. The van der Waals surface area contributed by atoms with Gasteiger partial charge in [-0.15, -0.1) is 0 Å². The average molecular weight is 253 g/mol. The highest BCUT2D eigenvalue weighted by Gasteiger charge is 2.25. The minimum Gasteiger partial charge on any atom is -0.381 e. The predicted molar refractivity (Wildman–Crippen MR) is 61.0 cm³/mol. The Bertz CT molecular complexity index is 191. The second-order valence-electron chi connectivity index (χ2n) is 4.62. The van der Waals surface area contributed by atoms with Crippen molar-refractivity contribution in [2.24, 2.45) is 0 Å². The summed E-state index contributed by atoms with van der Waals surface area (Å²) in [6.07, 6.45) is 1.29. The van der Waals surface area contributed by atoms with E-state index in [4.69, 9.17) is 4.74 Å². The van der Waals surface area contributed by atoms with Crippen LogP contribution in [-0.2, 0) is 4.74 Å². The zero-order chi connectivity index (χ0) is 12.6. The van der Waals surface area contributed by atoms with E-state index in [0.717, 1.165) is 13.0 Å². The average Bonchev–Trinajstić information content (AvgIpc) is 2.73. The Balaban J connectivity index is 1.78. The molecule has 1 rings (SSSR count). The van der Waals surface area contributed by atoms with Crippen LogP contribution in [0.4, 0.5) is 13.2 Å². The SMILES string of the molecule is FC(F)(F)CCCOCCCNC1CCCC1. The molecule has 0 aliphatic heterocycles. The molecule has 1 N–H and O–H groups in total. The second-order valence-corrected chi connectivity index (χ2v) is 4.62. The molecule has 1 fully saturated rings. The molecule has 1 aliphatic rings. The molecule has 1 saturated carbocycles. The van der Waals surface area contributed by atoms with E-state index in [9.17, 15) is 13.2 Å². The van der Waals surface area contributed by atoms with Crippen molar-refractivity contribution in [2.45, 2.75) is 57.2 Å². The van der Waals surface area contributed by atoms with Crippen LogP contribution in [0.15, 0.2) is 0 Å². The fourth-order valence-corrected chi connectivity index (χ4v) is 2.09. The van der Waals surface area contributed by atoms with Gasteiger partial charge in [0.25, 0.3) is 0 Å². The van der Waals surface area contributed by atoms with Gasteiger partial charge >= 0.3 is 6.18 Å². The molecule has 0 unspecified atom stereocenters. The Hall–Kier alpha value is -0.290. The van der Waals surface area contributed by atoms with Gasteiger partial charge in [-0.3, -0.25) is 0 Å². The minimum absolute atomic E-state index is 0.0690. The molecule has 17 heavy (non-hydrogen) atoms. The van der Waals surface area contributed by atoms with Crippen LogP contribution in [0.3, 0.4) is 0 Å². The van der Waals surface area contributed by atoms with E-state index in [1.807, 2.05) is 0 Å². The fraction of sp³-hybridized carbons (Fsp3) is 1.00. The van der Waals surface area contributed by atoms with Crippen LogP contribution in [0.5, 0.6) is 0 Å². The third kappa shape index (κ3) is 8.44. The standard InChI is InChI=1S/C12H22F3NO/c13-12(14,15)7-3-9-17-10-4-8-16-11-5-1-2-6-11/h11,16H,1-10H2. The monoisotopic (exact) mass is 253 g/mol. The molecule has 102 valence electrons. The van der Waals surface area contributed by atoms with Crippen molar-refractivity contribution < 1.29 is 17.9 Å². The van der Waals surface area contributed by atoms with Crippen molar-refractivity contribution >= 4 is 0 Å². The zero-order valence-corrected chi connectivity index (χ0v) is 10.2. The smallest absolute Gasteiger partial charge is 0.381 e. The van der Waals surface area contributed by atoms with Crippen molar-refractivity contribution in [3.8, 4) is 0 Å². The molecule has 0 aromatic carbocycles. The summed E-state index contributed by atoms with van der Waals surface area (Å²) < 4.78 is 40.5. The van der Waals surface area contributed by atoms with Crippen molar-refractivity contribution in [2.75, 3.05) is 19.8 Å². The lowest BCUT2D eigenvalue weighted by atomic mass is 10.2. The molecule has 0 saturated heterocycles. The Labute approximate surface area is 101 Å². The third-order valence-electron chi connectivity index (χ3n) is 3.00. The van der Waals surface area contributed by atoms with E-state index in [1.165, 1.54) is 25.7 Å². The van der Waals surface area contributed by atoms with Crippen LogP contribution >= 0.6 is 0 Å². The highest BCUT2D eigenvalue weighted by atomic mass is 19.4. The first-order valence-electron chi connectivity index (χ1n) is 6.46. The highest BCUT2D eigenvalue weighted by molar-refractivity contribution is 4.73. The summed E-state index contributed by atoms with van der Waals surface area (Å²) in [4.78, 5) is 0. The number of halogens is 3. The van der Waals surface area contributed by atoms with Crippen molar-refractivity contribution in [1.29, 1.82) is 0 Å². The molecule has 0 aromatic heterocycles. The number of nitrogens with one attached hydrogen (secondary N) is 1. The van der Waals surface area contributed by atoms with Gasteiger partial charge in [-0.2, -0.15) is 13.2 Å². The first-order chi connectivity index (χ1) is 8.08. The molecule has 0 bridgehead atoms. The predicted octanol–water partition coefficient (Wildman–Crippen LogP) is 3.27. The van der Waals surface area contributed by atoms with E-state index < -0.39 is 12.6 Å². The number of rotatable bonds is 8. The van der Waals surface area contributed by atoms with Gasteiger partial charge < -0.3 is 10.1 Å². The van der Waals surface area contributed by atoms with Crippen LogP contribution in [0.1, 0.15) is 44.9 Å². The summed E-state index contributed by atoms with van der Waals surface area (Å²) in [5.74, 6) is 0. The molecule has 0 radical (unpaired) electrons. The van der Waals surface area contributed by atoms with Crippen LogP contribution in [0, 0.1) is 0 Å². The van der Waals surface area contributed by atoms with E-state index in [1.54, 1.807) is 0 Å². The maximum absolute atomic E-state index is 11.8. The molecule has 0 heterocycles. The molecule has 0 aromatic rings. The Kier molecular flexibility index (Phi) is 6.89.